The van der Waals surface area contributed by atoms with Crippen LogP contribution in [0.1, 0.15) is 12.0 Å². The van der Waals surface area contributed by atoms with Crippen molar-refractivity contribution < 1.29 is 0 Å². The molecule has 132 valence electrons. The van der Waals surface area contributed by atoms with E-state index in [4.69, 9.17) is 0 Å². The Balaban J connectivity index is 2.05. The lowest BCUT2D eigenvalue weighted by molar-refractivity contribution is 0.645. The predicted octanol–water partition coefficient (Wildman–Crippen LogP) is 1.13. The topological polar surface area (TPSA) is 65.1 Å². The van der Waals surface area contributed by atoms with Crippen molar-refractivity contribution in [2.24, 2.45) is 14.1 Å². The molecule has 0 N–H and O–H groups in total. The molecule has 0 unspecified atom stereocenters. The molecule has 3 aromatic rings. The van der Waals surface area contributed by atoms with Crippen molar-refractivity contribution in [2.45, 2.75) is 19.4 Å². The Morgan fingerprint density at radius 2 is 1.72 bits per heavy atom. The molecule has 2 heterocycles. The van der Waals surface area contributed by atoms with Gasteiger partial charge in [0.15, 0.2) is 11.2 Å². The molecule has 0 aliphatic heterocycles. The Bertz CT molecular complexity index is 1010. The number of nitrogens with zero attached hydrogens (tertiary/aromatic N) is 5. The van der Waals surface area contributed by atoms with Gasteiger partial charge in [0, 0.05) is 34.7 Å². The van der Waals surface area contributed by atoms with Gasteiger partial charge in [-0.15, -0.1) is 0 Å². The molecule has 0 aliphatic carbocycles. The van der Waals surface area contributed by atoms with Crippen LogP contribution in [0.2, 0.25) is 0 Å². The Hall–Kier alpha value is -2.83. The lowest BCUT2D eigenvalue weighted by Crippen LogP contribution is -2.37. The summed E-state index contributed by atoms with van der Waals surface area (Å²) in [5, 5.41) is 0. The number of anilines is 1. The summed E-state index contributed by atoms with van der Waals surface area (Å²) >= 11 is 0. The first-order chi connectivity index (χ1) is 11.9. The maximum Gasteiger partial charge on any atom is 0.332 e. The first kappa shape index (κ1) is 17.0. The minimum absolute atomic E-state index is 0.307. The third-order valence-corrected chi connectivity index (χ3v) is 4.42. The Morgan fingerprint density at radius 3 is 2.36 bits per heavy atom. The van der Waals surface area contributed by atoms with Crippen molar-refractivity contribution >= 4 is 17.1 Å². The molecule has 0 aliphatic rings. The smallest absolute Gasteiger partial charge is 0.332 e. The van der Waals surface area contributed by atoms with Crippen molar-refractivity contribution in [3.63, 3.8) is 0 Å². The molecule has 1 aromatic carbocycles. The van der Waals surface area contributed by atoms with Gasteiger partial charge in [0.1, 0.15) is 0 Å². The fourth-order valence-corrected chi connectivity index (χ4v) is 3.07. The molecule has 7 nitrogen and oxygen atoms in total. The van der Waals surface area contributed by atoms with E-state index in [1.165, 1.54) is 17.2 Å². The van der Waals surface area contributed by atoms with Gasteiger partial charge in [-0.1, -0.05) is 30.3 Å². The van der Waals surface area contributed by atoms with Gasteiger partial charge in [0.2, 0.25) is 5.95 Å². The van der Waals surface area contributed by atoms with Crippen molar-refractivity contribution in [1.82, 2.24) is 18.7 Å². The lowest BCUT2D eigenvalue weighted by Gasteiger charge is -2.14. The fourth-order valence-electron chi connectivity index (χ4n) is 3.07. The molecule has 0 fully saturated rings. The van der Waals surface area contributed by atoms with E-state index in [0.717, 1.165) is 17.4 Å². The third kappa shape index (κ3) is 2.97. The van der Waals surface area contributed by atoms with Crippen LogP contribution >= 0.6 is 0 Å². The SMILES string of the molecule is CN(C)c1nc2c(c(=O)n(C)c(=O)n2C)n1CCCc1ccccc1. The highest BCUT2D eigenvalue weighted by atomic mass is 16.2. The van der Waals surface area contributed by atoms with Gasteiger partial charge in [-0.3, -0.25) is 13.9 Å². The van der Waals surface area contributed by atoms with Crippen LogP contribution in [0.15, 0.2) is 39.9 Å². The molecule has 0 amide bonds. The summed E-state index contributed by atoms with van der Waals surface area (Å²) < 4.78 is 4.48. The number of imidazole rings is 1. The number of fused-ring (bicyclic) bond motifs is 1. The van der Waals surface area contributed by atoms with E-state index >= 15 is 0 Å². The van der Waals surface area contributed by atoms with Crippen molar-refractivity contribution in [2.75, 3.05) is 19.0 Å². The Labute approximate surface area is 145 Å². The molecule has 0 bridgehead atoms. The highest BCUT2D eigenvalue weighted by molar-refractivity contribution is 5.74. The normalized spacial score (nSPS) is 11.2. The van der Waals surface area contributed by atoms with E-state index in [1.54, 1.807) is 7.05 Å². The predicted molar refractivity (Wildman–Crippen MR) is 99.3 cm³/mol. The van der Waals surface area contributed by atoms with Crippen LogP contribution in [0.25, 0.3) is 11.2 Å². The molecule has 0 atom stereocenters. The van der Waals surface area contributed by atoms with E-state index in [0.29, 0.717) is 23.7 Å². The third-order valence-electron chi connectivity index (χ3n) is 4.42. The maximum atomic E-state index is 12.7. The molecule has 0 saturated carbocycles. The van der Waals surface area contributed by atoms with Crippen LogP contribution in [0.3, 0.4) is 0 Å². The molecule has 3 rings (SSSR count). The summed E-state index contributed by atoms with van der Waals surface area (Å²) in [6, 6.07) is 10.3. The highest BCUT2D eigenvalue weighted by Gasteiger charge is 2.19. The average Bonchev–Trinajstić information content (AvgIpc) is 2.99. The lowest BCUT2D eigenvalue weighted by atomic mass is 10.1. The maximum absolute atomic E-state index is 12.7. The molecule has 0 spiro atoms. The second-order valence-electron chi connectivity index (χ2n) is 6.42. The van der Waals surface area contributed by atoms with Gasteiger partial charge in [-0.2, -0.15) is 4.98 Å². The number of hydrogen-bond acceptors (Lipinski definition) is 4. The van der Waals surface area contributed by atoms with Crippen molar-refractivity contribution in [1.29, 1.82) is 0 Å². The monoisotopic (exact) mass is 341 g/mol. The van der Waals surface area contributed by atoms with Crippen LogP contribution < -0.4 is 16.1 Å². The molecule has 7 heteroatoms. The summed E-state index contributed by atoms with van der Waals surface area (Å²) in [7, 11) is 6.92. The summed E-state index contributed by atoms with van der Waals surface area (Å²) in [5.41, 5.74) is 1.49. The minimum Gasteiger partial charge on any atom is -0.348 e. The van der Waals surface area contributed by atoms with Gasteiger partial charge in [0.05, 0.1) is 0 Å². The van der Waals surface area contributed by atoms with Gasteiger partial charge >= 0.3 is 5.69 Å². The number of benzene rings is 1. The number of hydrogen-bond donors (Lipinski definition) is 0. The van der Waals surface area contributed by atoms with Gasteiger partial charge in [-0.25, -0.2) is 4.79 Å². The molecule has 0 radical (unpaired) electrons. The summed E-state index contributed by atoms with van der Waals surface area (Å²) in [6.45, 7) is 0.659. The van der Waals surface area contributed by atoms with Crippen LogP contribution in [0.5, 0.6) is 0 Å². The molecule has 2 aromatic heterocycles. The van der Waals surface area contributed by atoms with E-state index < -0.39 is 0 Å². The van der Waals surface area contributed by atoms with Gasteiger partial charge in [-0.05, 0) is 18.4 Å². The minimum atomic E-state index is -0.364. The zero-order chi connectivity index (χ0) is 18.1. The molecular formula is C18H23N5O2. The van der Waals surface area contributed by atoms with Gasteiger partial charge in [0.25, 0.3) is 5.56 Å². The number of aryl methyl sites for hydroxylation is 3. The quantitative estimate of drug-likeness (QED) is 0.698. The first-order valence-electron chi connectivity index (χ1n) is 8.29. The van der Waals surface area contributed by atoms with E-state index in [-0.39, 0.29) is 11.2 Å². The average molecular weight is 341 g/mol. The first-order valence-corrected chi connectivity index (χ1v) is 8.29. The standard InChI is InChI=1S/C18H23N5O2/c1-20(2)17-19-15-14(16(24)22(4)18(25)21(15)3)23(17)12-8-11-13-9-6-5-7-10-13/h5-7,9-10H,8,11-12H2,1-4H3. The number of aromatic nitrogens is 4. The van der Waals surface area contributed by atoms with Crippen LogP contribution in [0, 0.1) is 0 Å². The number of rotatable bonds is 5. The largest absolute Gasteiger partial charge is 0.348 e. The Morgan fingerprint density at radius 1 is 1.04 bits per heavy atom. The second kappa shape index (κ2) is 6.58. The Kier molecular flexibility index (Phi) is 4.48. The van der Waals surface area contributed by atoms with Crippen molar-refractivity contribution in [3.8, 4) is 0 Å². The van der Waals surface area contributed by atoms with Gasteiger partial charge < -0.3 is 9.47 Å². The zero-order valence-corrected chi connectivity index (χ0v) is 15.1. The fraction of sp³-hybridized carbons (Fsp3) is 0.389. The van der Waals surface area contributed by atoms with E-state index in [1.807, 2.05) is 41.8 Å². The van der Waals surface area contributed by atoms with Crippen LogP contribution in [-0.2, 0) is 27.1 Å². The summed E-state index contributed by atoms with van der Waals surface area (Å²) in [5.74, 6) is 0.682. The summed E-state index contributed by atoms with van der Waals surface area (Å²) in [4.78, 5) is 31.2. The molecule has 0 saturated heterocycles. The molecule has 25 heavy (non-hydrogen) atoms. The zero-order valence-electron chi connectivity index (χ0n) is 15.1. The van der Waals surface area contributed by atoms with Crippen LogP contribution in [-0.4, -0.2) is 32.8 Å². The van der Waals surface area contributed by atoms with E-state index in [2.05, 4.69) is 17.1 Å². The summed E-state index contributed by atoms with van der Waals surface area (Å²) in [6.07, 6.45) is 1.79. The van der Waals surface area contributed by atoms with Crippen molar-refractivity contribution in [3.05, 3.63) is 56.7 Å². The highest BCUT2D eigenvalue weighted by Crippen LogP contribution is 2.18. The molecular weight excluding hydrogens is 318 g/mol. The van der Waals surface area contributed by atoms with Crippen LogP contribution in [0.4, 0.5) is 5.95 Å². The van der Waals surface area contributed by atoms with E-state index in [9.17, 15) is 9.59 Å². The second-order valence-corrected chi connectivity index (χ2v) is 6.42.